The van der Waals surface area contributed by atoms with Crippen molar-refractivity contribution in [2.45, 2.75) is 25.1 Å². The third-order valence-corrected chi connectivity index (χ3v) is 4.33. The van der Waals surface area contributed by atoms with E-state index in [9.17, 15) is 9.59 Å². The summed E-state index contributed by atoms with van der Waals surface area (Å²) in [7, 11) is 0. The number of oxazole rings is 1. The number of nitrogens with one attached hydrogen (secondary N) is 2. The fourth-order valence-electron chi connectivity index (χ4n) is 2.44. The molecule has 1 aromatic carbocycles. The predicted octanol–water partition coefficient (Wildman–Crippen LogP) is 2.44. The first kappa shape index (κ1) is 16.4. The van der Waals surface area contributed by atoms with E-state index in [4.69, 9.17) is 9.15 Å². The first-order chi connectivity index (χ1) is 11.6. The van der Waals surface area contributed by atoms with Gasteiger partial charge in [-0.2, -0.15) is 0 Å². The van der Waals surface area contributed by atoms with E-state index in [2.05, 4.69) is 15.6 Å². The Morgan fingerprint density at radius 2 is 2.21 bits per heavy atom. The number of urea groups is 1. The van der Waals surface area contributed by atoms with Gasteiger partial charge >= 0.3 is 12.0 Å². The number of rotatable bonds is 5. The Bertz CT molecular complexity index is 782. The van der Waals surface area contributed by atoms with E-state index in [0.29, 0.717) is 27.8 Å². The average molecular weight is 347 g/mol. The van der Waals surface area contributed by atoms with Crippen LogP contribution in [0.3, 0.4) is 0 Å². The van der Waals surface area contributed by atoms with Crippen LogP contribution in [0.25, 0.3) is 11.1 Å². The van der Waals surface area contributed by atoms with Gasteiger partial charge in [-0.3, -0.25) is 0 Å². The van der Waals surface area contributed by atoms with Crippen LogP contribution in [0.1, 0.15) is 13.8 Å². The van der Waals surface area contributed by atoms with E-state index in [1.165, 1.54) is 11.8 Å². The molecule has 24 heavy (non-hydrogen) atoms. The van der Waals surface area contributed by atoms with Crippen molar-refractivity contribution in [3.63, 3.8) is 0 Å². The van der Waals surface area contributed by atoms with E-state index < -0.39 is 12.0 Å². The normalized spacial score (nSPS) is 17.6. The molecule has 126 valence electrons. The summed E-state index contributed by atoms with van der Waals surface area (Å²) in [6.45, 7) is 3.76. The Hall–Kier alpha value is -2.48. The van der Waals surface area contributed by atoms with E-state index >= 15 is 0 Å². The monoisotopic (exact) mass is 347 g/mol. The molecular formula is C16H17N3O4S. The molecule has 2 amide bonds. The Morgan fingerprint density at radius 1 is 1.42 bits per heavy atom. The number of esters is 1. The third kappa shape index (κ3) is 3.38. The van der Waals surface area contributed by atoms with E-state index in [-0.39, 0.29) is 12.6 Å². The molecule has 0 fully saturated rings. The second-order valence-corrected chi connectivity index (χ2v) is 6.10. The number of amides is 2. The minimum atomic E-state index is -0.439. The summed E-state index contributed by atoms with van der Waals surface area (Å²) in [5.41, 5.74) is 2.39. The molecule has 1 aliphatic heterocycles. The van der Waals surface area contributed by atoms with E-state index in [0.717, 1.165) is 5.52 Å². The highest BCUT2D eigenvalue weighted by molar-refractivity contribution is 7.99. The average Bonchev–Trinajstić information content (AvgIpc) is 2.95. The number of nitrogens with zero attached hydrogens (tertiary/aromatic N) is 1. The zero-order valence-electron chi connectivity index (χ0n) is 13.3. The molecule has 0 spiro atoms. The minimum Gasteiger partial charge on any atom is -0.463 e. The number of carbonyl (C=O) groups excluding carboxylic acids is 2. The van der Waals surface area contributed by atoms with Crippen LogP contribution in [0.4, 0.5) is 4.79 Å². The van der Waals surface area contributed by atoms with Crippen LogP contribution in [-0.4, -0.2) is 35.4 Å². The fourth-order valence-corrected chi connectivity index (χ4v) is 3.25. The molecule has 0 saturated heterocycles. The summed E-state index contributed by atoms with van der Waals surface area (Å²) in [6, 6.07) is 6.69. The highest BCUT2D eigenvalue weighted by atomic mass is 32.2. The van der Waals surface area contributed by atoms with Crippen LogP contribution in [0.5, 0.6) is 0 Å². The topological polar surface area (TPSA) is 93.5 Å². The maximum absolute atomic E-state index is 12.2. The van der Waals surface area contributed by atoms with Gasteiger partial charge in [0.1, 0.15) is 5.52 Å². The summed E-state index contributed by atoms with van der Waals surface area (Å²) < 4.78 is 10.7. The smallest absolute Gasteiger partial charge is 0.337 e. The van der Waals surface area contributed by atoms with Crippen LogP contribution >= 0.6 is 11.8 Å². The first-order valence-electron chi connectivity index (χ1n) is 7.54. The molecule has 1 aliphatic rings. The van der Waals surface area contributed by atoms with Crippen molar-refractivity contribution >= 4 is 34.9 Å². The molecule has 1 aromatic heterocycles. The van der Waals surface area contributed by atoms with Crippen LogP contribution in [0.15, 0.2) is 45.2 Å². The van der Waals surface area contributed by atoms with Crippen molar-refractivity contribution in [2.75, 3.05) is 12.4 Å². The van der Waals surface area contributed by atoms with Gasteiger partial charge in [-0.05, 0) is 26.0 Å². The predicted molar refractivity (Wildman–Crippen MR) is 89.5 cm³/mol. The Morgan fingerprint density at radius 3 is 2.96 bits per heavy atom. The van der Waals surface area contributed by atoms with Crippen LogP contribution in [0.2, 0.25) is 0 Å². The zero-order valence-corrected chi connectivity index (χ0v) is 14.1. The number of carbonyl (C=O) groups is 2. The lowest BCUT2D eigenvalue weighted by molar-refractivity contribution is -0.138. The number of ether oxygens (including phenoxy) is 1. The Balaban J connectivity index is 1.82. The van der Waals surface area contributed by atoms with Crippen LogP contribution < -0.4 is 10.6 Å². The standard InChI is InChI=1S/C16H17N3O4S/c1-3-22-14(20)13-9(2)17-15(21)18-11(13)8-24-16-19-10-6-4-5-7-12(10)23-16/h4-7,9H,3,8H2,1-2H3,(H2,17,18,21)/t9-/m1/s1. The molecule has 1 atom stereocenters. The van der Waals surface area contributed by atoms with E-state index in [1.54, 1.807) is 13.8 Å². The molecule has 0 saturated carbocycles. The van der Waals surface area contributed by atoms with Gasteiger partial charge in [0, 0.05) is 11.4 Å². The molecule has 7 nitrogen and oxygen atoms in total. The van der Waals surface area contributed by atoms with Gasteiger partial charge in [0.25, 0.3) is 5.22 Å². The summed E-state index contributed by atoms with van der Waals surface area (Å²) in [5, 5.41) is 5.82. The van der Waals surface area contributed by atoms with E-state index in [1.807, 2.05) is 24.3 Å². The zero-order chi connectivity index (χ0) is 17.1. The lowest BCUT2D eigenvalue weighted by Crippen LogP contribution is -2.49. The molecular weight excluding hydrogens is 330 g/mol. The maximum Gasteiger partial charge on any atom is 0.337 e. The van der Waals surface area contributed by atoms with Gasteiger partial charge < -0.3 is 19.8 Å². The lowest BCUT2D eigenvalue weighted by atomic mass is 10.1. The Kier molecular flexibility index (Phi) is 4.75. The number of thioether (sulfide) groups is 1. The van der Waals surface area contributed by atoms with Crippen molar-refractivity contribution in [2.24, 2.45) is 0 Å². The van der Waals surface area contributed by atoms with Gasteiger partial charge in [0.2, 0.25) is 0 Å². The fraction of sp³-hybridized carbons (Fsp3) is 0.312. The lowest BCUT2D eigenvalue weighted by Gasteiger charge is -2.26. The van der Waals surface area contributed by atoms with Crippen molar-refractivity contribution in [1.29, 1.82) is 0 Å². The van der Waals surface area contributed by atoms with Crippen molar-refractivity contribution in [1.82, 2.24) is 15.6 Å². The van der Waals surface area contributed by atoms with Gasteiger partial charge in [0.15, 0.2) is 5.58 Å². The number of hydrogen-bond donors (Lipinski definition) is 2. The number of aromatic nitrogens is 1. The molecule has 2 heterocycles. The molecule has 2 aromatic rings. The highest BCUT2D eigenvalue weighted by Gasteiger charge is 2.29. The molecule has 2 N–H and O–H groups in total. The number of benzene rings is 1. The third-order valence-electron chi connectivity index (χ3n) is 3.48. The van der Waals surface area contributed by atoms with Gasteiger partial charge in [-0.15, -0.1) is 0 Å². The summed E-state index contributed by atoms with van der Waals surface area (Å²) in [6.07, 6.45) is 0. The quantitative estimate of drug-likeness (QED) is 0.637. The van der Waals surface area contributed by atoms with Crippen molar-refractivity contribution in [3.05, 3.63) is 35.5 Å². The van der Waals surface area contributed by atoms with Crippen molar-refractivity contribution < 1.29 is 18.7 Å². The SMILES string of the molecule is CCOC(=O)C1=C(CSc2nc3ccccc3o2)NC(=O)N[C@@H]1C. The summed E-state index contributed by atoms with van der Waals surface area (Å²) in [4.78, 5) is 28.2. The van der Waals surface area contributed by atoms with Gasteiger partial charge in [0.05, 0.1) is 18.2 Å². The molecule has 0 aliphatic carbocycles. The molecule has 0 bridgehead atoms. The number of hydrogen-bond acceptors (Lipinski definition) is 6. The molecule has 3 rings (SSSR count). The first-order valence-corrected chi connectivity index (χ1v) is 8.53. The summed E-state index contributed by atoms with van der Waals surface area (Å²) >= 11 is 1.31. The number of fused-ring (bicyclic) bond motifs is 1. The molecule has 0 unspecified atom stereocenters. The van der Waals surface area contributed by atoms with Crippen LogP contribution in [-0.2, 0) is 9.53 Å². The second-order valence-electron chi connectivity index (χ2n) is 5.17. The van der Waals surface area contributed by atoms with Gasteiger partial charge in [-0.1, -0.05) is 23.9 Å². The Labute approximate surface area is 142 Å². The largest absolute Gasteiger partial charge is 0.463 e. The molecule has 8 heteroatoms. The summed E-state index contributed by atoms with van der Waals surface area (Å²) in [5.74, 6) is -0.0932. The maximum atomic E-state index is 12.2. The number of para-hydroxylation sites is 2. The van der Waals surface area contributed by atoms with Crippen LogP contribution in [0, 0.1) is 0 Å². The second kappa shape index (κ2) is 6.96. The minimum absolute atomic E-state index is 0.272. The molecule has 0 radical (unpaired) electrons. The highest BCUT2D eigenvalue weighted by Crippen LogP contribution is 2.26. The van der Waals surface area contributed by atoms with Crippen molar-refractivity contribution in [3.8, 4) is 0 Å². The van der Waals surface area contributed by atoms with Gasteiger partial charge in [-0.25, -0.2) is 14.6 Å².